The number of rotatable bonds is 39. The van der Waals surface area contributed by atoms with E-state index in [1.54, 1.807) is 6.08 Å². The molecule has 6 heteroatoms. The first-order valence-electron chi connectivity index (χ1n) is 22.6. The van der Waals surface area contributed by atoms with Gasteiger partial charge in [0.05, 0.1) is 0 Å². The predicted molar refractivity (Wildman–Crippen MR) is 225 cm³/mol. The van der Waals surface area contributed by atoms with E-state index in [2.05, 4.69) is 20.8 Å². The molecule has 3 N–H and O–H groups in total. The summed E-state index contributed by atoms with van der Waals surface area (Å²) in [6, 6.07) is 0. The molecule has 310 valence electrons. The highest BCUT2D eigenvalue weighted by molar-refractivity contribution is 5.79. The molecule has 0 radical (unpaired) electrons. The second-order valence-electron chi connectivity index (χ2n) is 15.1. The number of hydrogen-bond donors (Lipinski definition) is 3. The maximum atomic E-state index is 10.4. The maximum absolute atomic E-state index is 10.4. The molecule has 0 unspecified atom stereocenters. The van der Waals surface area contributed by atoms with Crippen molar-refractivity contribution < 1.29 is 29.7 Å². The van der Waals surface area contributed by atoms with Crippen LogP contribution in [0.3, 0.4) is 0 Å². The van der Waals surface area contributed by atoms with Crippen LogP contribution < -0.4 is 0 Å². The van der Waals surface area contributed by atoms with Gasteiger partial charge in [-0.25, -0.2) is 4.79 Å². The molecule has 52 heavy (non-hydrogen) atoms. The van der Waals surface area contributed by atoms with E-state index in [0.717, 1.165) is 38.5 Å². The zero-order valence-electron chi connectivity index (χ0n) is 35.1. The first kappa shape index (κ1) is 54.5. The van der Waals surface area contributed by atoms with Gasteiger partial charge in [0.2, 0.25) is 0 Å². The lowest BCUT2D eigenvalue weighted by Crippen LogP contribution is -1.93. The Morgan fingerprint density at radius 3 is 0.750 bits per heavy atom. The molecule has 0 bridgehead atoms. The lowest BCUT2D eigenvalue weighted by molar-refractivity contribution is -0.138. The highest BCUT2D eigenvalue weighted by Gasteiger charge is 1.99. The Hall–Kier alpha value is -1.85. The second-order valence-corrected chi connectivity index (χ2v) is 15.1. The quantitative estimate of drug-likeness (QED) is 0.0427. The zero-order chi connectivity index (χ0) is 39.0. The lowest BCUT2D eigenvalue weighted by atomic mass is 10.0. The third kappa shape index (κ3) is 63.2. The summed E-state index contributed by atoms with van der Waals surface area (Å²) < 4.78 is 0. The monoisotopic (exact) mass is 739 g/mol. The van der Waals surface area contributed by atoms with Gasteiger partial charge in [-0.15, -0.1) is 0 Å². The minimum Gasteiger partial charge on any atom is -0.481 e. The number of carboxylic acids is 3. The average molecular weight is 739 g/mol. The highest BCUT2D eigenvalue weighted by Crippen LogP contribution is 2.15. The molecule has 0 atom stereocenters. The molecule has 0 aromatic rings. The van der Waals surface area contributed by atoms with Crippen molar-refractivity contribution >= 4 is 17.9 Å². The van der Waals surface area contributed by atoms with E-state index in [-0.39, 0.29) is 0 Å². The minimum atomic E-state index is -0.844. The minimum absolute atomic E-state index is 0.345. The van der Waals surface area contributed by atoms with E-state index in [4.69, 9.17) is 15.3 Å². The molecule has 0 spiro atoms. The van der Waals surface area contributed by atoms with Crippen LogP contribution in [0.4, 0.5) is 0 Å². The first-order valence-corrected chi connectivity index (χ1v) is 22.6. The summed E-state index contributed by atoms with van der Waals surface area (Å²) >= 11 is 0. The summed E-state index contributed by atoms with van der Waals surface area (Å²) in [5.41, 5.74) is 0. The van der Waals surface area contributed by atoms with Crippen LogP contribution in [0.5, 0.6) is 0 Å². The summed E-state index contributed by atoms with van der Waals surface area (Å²) in [5, 5.41) is 25.3. The van der Waals surface area contributed by atoms with Gasteiger partial charge < -0.3 is 15.3 Å². The van der Waals surface area contributed by atoms with E-state index in [1.165, 1.54) is 199 Å². The topological polar surface area (TPSA) is 112 Å². The Morgan fingerprint density at radius 2 is 0.538 bits per heavy atom. The summed E-state index contributed by atoms with van der Waals surface area (Å²) in [4.78, 5) is 30.7. The van der Waals surface area contributed by atoms with Crippen LogP contribution in [0, 0.1) is 0 Å². The number of hydrogen-bond acceptors (Lipinski definition) is 3. The number of unbranched alkanes of at least 4 members (excludes halogenated alkanes) is 33. The van der Waals surface area contributed by atoms with Crippen LogP contribution >= 0.6 is 0 Å². The maximum Gasteiger partial charge on any atom is 0.327 e. The predicted octanol–water partition coefficient (Wildman–Crippen LogP) is 15.7. The summed E-state index contributed by atoms with van der Waals surface area (Å²) in [6.45, 7) is 6.72. The Balaban J connectivity index is -0.000000723. The van der Waals surface area contributed by atoms with Crippen molar-refractivity contribution in [2.24, 2.45) is 0 Å². The van der Waals surface area contributed by atoms with Gasteiger partial charge in [-0.2, -0.15) is 0 Å². The molecule has 0 rings (SSSR count). The van der Waals surface area contributed by atoms with Gasteiger partial charge in [-0.1, -0.05) is 232 Å². The van der Waals surface area contributed by atoms with Crippen LogP contribution in [-0.2, 0) is 14.4 Å². The SMILES string of the molecule is CCCCCCCC=CC(=O)O.CCCCCCCCCCCCCCCC(=O)O.CCCCCCCCCCCCCCCCCCCC(=O)O. The molecule has 0 aliphatic heterocycles. The molecule has 6 nitrogen and oxygen atoms in total. The van der Waals surface area contributed by atoms with Crippen molar-refractivity contribution in [1.29, 1.82) is 0 Å². The fraction of sp³-hybridized carbons (Fsp3) is 0.891. The highest BCUT2D eigenvalue weighted by atomic mass is 16.4. The van der Waals surface area contributed by atoms with E-state index >= 15 is 0 Å². The van der Waals surface area contributed by atoms with E-state index in [0.29, 0.717) is 12.8 Å². The Bertz CT molecular complexity index is 734. The lowest BCUT2D eigenvalue weighted by Gasteiger charge is -2.03. The van der Waals surface area contributed by atoms with Gasteiger partial charge in [-0.3, -0.25) is 9.59 Å². The molecule has 0 aliphatic carbocycles. The molecule has 0 amide bonds. The second kappa shape index (κ2) is 51.3. The van der Waals surface area contributed by atoms with Crippen LogP contribution in [0.25, 0.3) is 0 Å². The third-order valence-corrected chi connectivity index (χ3v) is 9.72. The van der Waals surface area contributed by atoms with Crippen molar-refractivity contribution in [3.63, 3.8) is 0 Å². The fourth-order valence-corrected chi connectivity index (χ4v) is 6.34. The van der Waals surface area contributed by atoms with Gasteiger partial charge in [-0.05, 0) is 25.7 Å². The van der Waals surface area contributed by atoms with E-state index < -0.39 is 17.9 Å². The normalized spacial score (nSPS) is 10.8. The van der Waals surface area contributed by atoms with Crippen LogP contribution in [0.1, 0.15) is 265 Å². The van der Waals surface area contributed by atoms with E-state index in [1.807, 2.05) is 0 Å². The van der Waals surface area contributed by atoms with Gasteiger partial charge in [0.15, 0.2) is 0 Å². The largest absolute Gasteiger partial charge is 0.481 e. The summed E-state index contributed by atoms with van der Waals surface area (Å²) in [5.74, 6) is -2.15. The van der Waals surface area contributed by atoms with Crippen molar-refractivity contribution in [3.05, 3.63) is 12.2 Å². The van der Waals surface area contributed by atoms with Crippen LogP contribution in [0.2, 0.25) is 0 Å². The van der Waals surface area contributed by atoms with E-state index in [9.17, 15) is 14.4 Å². The Kier molecular flexibility index (Phi) is 53.7. The number of carbonyl (C=O) groups is 3. The van der Waals surface area contributed by atoms with Gasteiger partial charge in [0, 0.05) is 18.9 Å². The molecule has 0 fully saturated rings. The van der Waals surface area contributed by atoms with Gasteiger partial charge >= 0.3 is 17.9 Å². The molecule has 0 heterocycles. The van der Waals surface area contributed by atoms with Crippen molar-refractivity contribution in [2.45, 2.75) is 265 Å². The summed E-state index contributed by atoms with van der Waals surface area (Å²) in [7, 11) is 0. The molecule has 0 aliphatic rings. The van der Waals surface area contributed by atoms with Crippen molar-refractivity contribution in [2.75, 3.05) is 0 Å². The Labute approximate surface area is 323 Å². The van der Waals surface area contributed by atoms with Crippen LogP contribution in [0.15, 0.2) is 12.2 Å². The molecule has 0 aromatic heterocycles. The van der Waals surface area contributed by atoms with Gasteiger partial charge in [0.25, 0.3) is 0 Å². The number of carboxylic acid groups (broad SMARTS) is 3. The van der Waals surface area contributed by atoms with Gasteiger partial charge in [0.1, 0.15) is 0 Å². The number of allylic oxidation sites excluding steroid dienone is 1. The average Bonchev–Trinajstić information content (AvgIpc) is 3.11. The van der Waals surface area contributed by atoms with Crippen molar-refractivity contribution in [3.8, 4) is 0 Å². The first-order chi connectivity index (χ1) is 25.3. The molecule has 0 aromatic carbocycles. The summed E-state index contributed by atoms with van der Waals surface area (Å²) in [6.07, 6.45) is 50.4. The van der Waals surface area contributed by atoms with Crippen LogP contribution in [-0.4, -0.2) is 33.2 Å². The van der Waals surface area contributed by atoms with Crippen molar-refractivity contribution in [1.82, 2.24) is 0 Å². The Morgan fingerprint density at radius 1 is 0.327 bits per heavy atom. The fourth-order valence-electron chi connectivity index (χ4n) is 6.34. The zero-order valence-corrected chi connectivity index (χ0v) is 35.1. The smallest absolute Gasteiger partial charge is 0.327 e. The molecular weight excluding hydrogens is 649 g/mol. The number of aliphatic carboxylic acids is 3. The molecular formula is C46H90O6. The molecule has 0 saturated carbocycles. The standard InChI is InChI=1S/C20H40O2.C16H32O2.C10H18O2/c1-2-3-4-5-6-7-8-9-10-11-12-13-14-15-16-17-18-19-20(21)22;1-2-3-4-5-6-7-8-9-10-11-12-13-14-15-16(17)18;1-2-3-4-5-6-7-8-9-10(11)12/h2-19H2,1H3,(H,21,22);2-15H2,1H3,(H,17,18);8-9H,2-7H2,1H3,(H,11,12). The molecule has 0 saturated heterocycles. The third-order valence-electron chi connectivity index (χ3n) is 9.72.